The number of nitrogens with zero attached hydrogens (tertiary/aromatic N) is 1. The van der Waals surface area contributed by atoms with Gasteiger partial charge in [-0.2, -0.15) is 0 Å². The first-order valence-corrected chi connectivity index (χ1v) is 8.34. The number of oxime groups is 1. The molecule has 2 rings (SSSR count). The number of methoxy groups -OCH3 is 1. The Labute approximate surface area is 153 Å². The highest BCUT2D eigenvalue weighted by Gasteiger charge is 2.25. The van der Waals surface area contributed by atoms with Crippen LogP contribution in [0.3, 0.4) is 0 Å². The quantitative estimate of drug-likeness (QED) is 0.440. The second-order valence-corrected chi connectivity index (χ2v) is 5.53. The average molecular weight is 357 g/mol. The highest BCUT2D eigenvalue weighted by atomic mass is 16.7. The van der Waals surface area contributed by atoms with E-state index in [-0.39, 0.29) is 12.0 Å². The largest absolute Gasteiger partial charge is 0.479 e. The maximum absolute atomic E-state index is 11.5. The van der Waals surface area contributed by atoms with Gasteiger partial charge in [-0.15, -0.1) is 0 Å². The Kier molecular flexibility index (Phi) is 7.17. The second kappa shape index (κ2) is 9.58. The molecule has 0 bridgehead atoms. The Morgan fingerprint density at radius 1 is 1.12 bits per heavy atom. The van der Waals surface area contributed by atoms with Crippen LogP contribution in [0.5, 0.6) is 0 Å². The van der Waals surface area contributed by atoms with Gasteiger partial charge in [-0.3, -0.25) is 0 Å². The Balaban J connectivity index is 2.33. The second-order valence-electron chi connectivity index (χ2n) is 5.53. The van der Waals surface area contributed by atoms with E-state index in [9.17, 15) is 9.90 Å². The highest BCUT2D eigenvalue weighted by Crippen LogP contribution is 2.24. The fraction of sp³-hybridized carbons (Fsp3) is 0.300. The minimum absolute atomic E-state index is 0.217. The molecule has 1 N–H and O–H groups in total. The van der Waals surface area contributed by atoms with Gasteiger partial charge in [0.1, 0.15) is 6.10 Å². The first-order chi connectivity index (χ1) is 12.6. The molecular formula is C20H23NO5. The van der Waals surface area contributed by atoms with Crippen LogP contribution in [0.25, 0.3) is 0 Å². The van der Waals surface area contributed by atoms with Gasteiger partial charge in [-0.25, -0.2) is 4.79 Å². The zero-order chi connectivity index (χ0) is 18.9. The summed E-state index contributed by atoms with van der Waals surface area (Å²) in [6.45, 7) is 4.06. The zero-order valence-electron chi connectivity index (χ0n) is 15.1. The van der Waals surface area contributed by atoms with Gasteiger partial charge in [0, 0.05) is 18.2 Å². The molecule has 2 aromatic rings. The summed E-state index contributed by atoms with van der Waals surface area (Å²) in [6.07, 6.45) is -1.40. The lowest BCUT2D eigenvalue weighted by atomic mass is 10.0. The predicted octanol–water partition coefficient (Wildman–Crippen LogP) is 3.93. The first kappa shape index (κ1) is 19.5. The standard InChI is InChI=1S/C20H23NO5/c1-4-25-19(21-26-14(2)15-10-6-5-7-11-15)17-13-9-8-12-16(17)18(24-3)20(22)23/h5-14,18H,4H2,1-3H3,(H,22,23)/b21-19+. The van der Waals surface area contributed by atoms with Crippen LogP contribution in [-0.2, 0) is 19.1 Å². The molecule has 0 aliphatic carbocycles. The van der Waals surface area contributed by atoms with Crippen LogP contribution in [0.4, 0.5) is 0 Å². The van der Waals surface area contributed by atoms with E-state index in [4.69, 9.17) is 14.3 Å². The van der Waals surface area contributed by atoms with Crippen LogP contribution in [0.1, 0.15) is 42.7 Å². The topological polar surface area (TPSA) is 77.3 Å². The molecule has 26 heavy (non-hydrogen) atoms. The van der Waals surface area contributed by atoms with E-state index in [0.717, 1.165) is 5.56 Å². The number of carbonyl (C=O) groups is 1. The summed E-state index contributed by atoms with van der Waals surface area (Å²) in [7, 11) is 1.35. The van der Waals surface area contributed by atoms with Gasteiger partial charge in [0.15, 0.2) is 6.10 Å². The number of ether oxygens (including phenoxy) is 2. The van der Waals surface area contributed by atoms with Gasteiger partial charge in [0.25, 0.3) is 5.90 Å². The molecule has 6 heteroatoms. The number of carboxylic acids is 1. The minimum atomic E-state index is -1.12. The first-order valence-electron chi connectivity index (χ1n) is 8.34. The summed E-state index contributed by atoms with van der Waals surface area (Å²) in [6, 6.07) is 16.6. The Hall–Kier alpha value is -2.86. The lowest BCUT2D eigenvalue weighted by Gasteiger charge is -2.17. The summed E-state index contributed by atoms with van der Waals surface area (Å²) in [4.78, 5) is 17.1. The molecular weight excluding hydrogens is 334 g/mol. The van der Waals surface area contributed by atoms with E-state index in [2.05, 4.69) is 5.16 Å². The number of rotatable bonds is 8. The fourth-order valence-corrected chi connectivity index (χ4v) is 2.48. The van der Waals surface area contributed by atoms with E-state index in [1.807, 2.05) is 44.2 Å². The van der Waals surface area contributed by atoms with Crippen molar-refractivity contribution < 1.29 is 24.2 Å². The van der Waals surface area contributed by atoms with E-state index >= 15 is 0 Å². The molecule has 0 amide bonds. The molecule has 0 heterocycles. The fourth-order valence-electron chi connectivity index (χ4n) is 2.48. The minimum Gasteiger partial charge on any atom is -0.479 e. The third-order valence-electron chi connectivity index (χ3n) is 3.78. The summed E-state index contributed by atoms with van der Waals surface area (Å²) in [5.41, 5.74) is 1.94. The van der Waals surface area contributed by atoms with Crippen LogP contribution < -0.4 is 0 Å². The number of benzene rings is 2. The van der Waals surface area contributed by atoms with E-state index in [1.165, 1.54) is 7.11 Å². The molecule has 0 fully saturated rings. The van der Waals surface area contributed by atoms with Gasteiger partial charge in [0.05, 0.1) is 6.61 Å². The number of carboxylic acid groups (broad SMARTS) is 1. The average Bonchev–Trinajstić information content (AvgIpc) is 2.66. The van der Waals surface area contributed by atoms with Crippen LogP contribution in [-0.4, -0.2) is 30.7 Å². The summed E-state index contributed by atoms with van der Waals surface area (Å²) in [5, 5.41) is 13.5. The van der Waals surface area contributed by atoms with Crippen LogP contribution in [0.2, 0.25) is 0 Å². The maximum atomic E-state index is 11.5. The molecule has 138 valence electrons. The molecule has 0 aromatic heterocycles. The number of hydrogen-bond donors (Lipinski definition) is 1. The molecule has 2 unspecified atom stereocenters. The van der Waals surface area contributed by atoms with Crippen molar-refractivity contribution in [3.63, 3.8) is 0 Å². The van der Waals surface area contributed by atoms with Crippen molar-refractivity contribution in [2.24, 2.45) is 5.16 Å². The summed E-state index contributed by atoms with van der Waals surface area (Å²) < 4.78 is 10.7. The smallest absolute Gasteiger partial charge is 0.337 e. The van der Waals surface area contributed by atoms with Gasteiger partial charge in [-0.05, 0) is 30.6 Å². The lowest BCUT2D eigenvalue weighted by molar-refractivity contribution is -0.148. The highest BCUT2D eigenvalue weighted by molar-refractivity contribution is 5.96. The van der Waals surface area contributed by atoms with Gasteiger partial charge >= 0.3 is 5.97 Å². The van der Waals surface area contributed by atoms with Crippen molar-refractivity contribution in [3.8, 4) is 0 Å². The Morgan fingerprint density at radius 2 is 1.77 bits per heavy atom. The molecule has 0 saturated carbocycles. The van der Waals surface area contributed by atoms with Crippen molar-refractivity contribution in [2.45, 2.75) is 26.1 Å². The van der Waals surface area contributed by atoms with Crippen LogP contribution >= 0.6 is 0 Å². The maximum Gasteiger partial charge on any atom is 0.337 e. The van der Waals surface area contributed by atoms with E-state index < -0.39 is 12.1 Å². The Bertz CT molecular complexity index is 745. The monoisotopic (exact) mass is 357 g/mol. The lowest BCUT2D eigenvalue weighted by Crippen LogP contribution is -2.19. The number of hydrogen-bond acceptors (Lipinski definition) is 5. The van der Waals surface area contributed by atoms with Crippen LogP contribution in [0.15, 0.2) is 59.8 Å². The van der Waals surface area contributed by atoms with E-state index in [1.54, 1.807) is 24.3 Å². The molecule has 0 aliphatic rings. The number of aliphatic carboxylic acids is 1. The molecule has 0 aliphatic heterocycles. The Morgan fingerprint density at radius 3 is 2.38 bits per heavy atom. The zero-order valence-corrected chi connectivity index (χ0v) is 15.1. The SMILES string of the molecule is CCO/C(=N/OC(C)c1ccccc1)c1ccccc1C(OC)C(=O)O. The molecule has 2 aromatic carbocycles. The van der Waals surface area contributed by atoms with Gasteiger partial charge < -0.3 is 19.4 Å². The molecule has 0 radical (unpaired) electrons. The molecule has 6 nitrogen and oxygen atoms in total. The van der Waals surface area contributed by atoms with Crippen molar-refractivity contribution in [1.29, 1.82) is 0 Å². The predicted molar refractivity (Wildman–Crippen MR) is 97.9 cm³/mol. The van der Waals surface area contributed by atoms with Crippen molar-refractivity contribution in [2.75, 3.05) is 13.7 Å². The van der Waals surface area contributed by atoms with Gasteiger partial charge in [0.2, 0.25) is 0 Å². The van der Waals surface area contributed by atoms with E-state index in [0.29, 0.717) is 17.7 Å². The third kappa shape index (κ3) is 4.83. The summed E-state index contributed by atoms with van der Waals surface area (Å²) in [5.74, 6) is -0.872. The van der Waals surface area contributed by atoms with Gasteiger partial charge in [-0.1, -0.05) is 48.5 Å². The van der Waals surface area contributed by atoms with Crippen molar-refractivity contribution in [3.05, 3.63) is 71.3 Å². The third-order valence-corrected chi connectivity index (χ3v) is 3.78. The normalized spacial score (nSPS) is 13.7. The van der Waals surface area contributed by atoms with Crippen molar-refractivity contribution >= 4 is 11.9 Å². The van der Waals surface area contributed by atoms with Crippen molar-refractivity contribution in [1.82, 2.24) is 0 Å². The molecule has 0 saturated heterocycles. The summed E-state index contributed by atoms with van der Waals surface area (Å²) >= 11 is 0. The molecule has 0 spiro atoms. The molecule has 2 atom stereocenters. The van der Waals surface area contributed by atoms with Crippen LogP contribution in [0, 0.1) is 0 Å².